The van der Waals surface area contributed by atoms with E-state index < -0.39 is 0 Å². The summed E-state index contributed by atoms with van der Waals surface area (Å²) in [6.45, 7) is 0. The molecule has 3 aromatic rings. The van der Waals surface area contributed by atoms with Gasteiger partial charge in [0, 0.05) is 23.5 Å². The van der Waals surface area contributed by atoms with Gasteiger partial charge in [-0.3, -0.25) is 4.98 Å². The largest absolute Gasteiger partial charge is 0.480 e. The van der Waals surface area contributed by atoms with Gasteiger partial charge in [0.1, 0.15) is 17.4 Å². The van der Waals surface area contributed by atoms with E-state index in [1.807, 2.05) is 12.1 Å². The molecule has 0 aliphatic heterocycles. The highest BCUT2D eigenvalue weighted by Crippen LogP contribution is 2.33. The maximum atomic E-state index is 13.2. The molecule has 0 spiro atoms. The second-order valence-corrected chi connectivity index (χ2v) is 4.79. The molecule has 4 nitrogen and oxygen atoms in total. The SMILES string of the molecule is COc1nc(-c2ccncc2)cc(-c2ccc(F)cc2)c1C#N. The Morgan fingerprint density at radius 2 is 1.74 bits per heavy atom. The molecule has 1 aromatic carbocycles. The van der Waals surface area contributed by atoms with E-state index in [1.165, 1.54) is 19.2 Å². The van der Waals surface area contributed by atoms with Gasteiger partial charge in [-0.2, -0.15) is 5.26 Å². The smallest absolute Gasteiger partial charge is 0.232 e. The molecule has 0 bridgehead atoms. The van der Waals surface area contributed by atoms with Gasteiger partial charge in [0.15, 0.2) is 0 Å². The molecule has 0 aliphatic rings. The van der Waals surface area contributed by atoms with Crippen molar-refractivity contribution in [3.63, 3.8) is 0 Å². The van der Waals surface area contributed by atoms with Crippen LogP contribution in [0.1, 0.15) is 5.56 Å². The highest BCUT2D eigenvalue weighted by molar-refractivity contribution is 5.77. The summed E-state index contributed by atoms with van der Waals surface area (Å²) >= 11 is 0. The van der Waals surface area contributed by atoms with Crippen molar-refractivity contribution in [2.24, 2.45) is 0 Å². The fourth-order valence-corrected chi connectivity index (χ4v) is 2.31. The van der Waals surface area contributed by atoms with Gasteiger partial charge in [-0.1, -0.05) is 12.1 Å². The van der Waals surface area contributed by atoms with E-state index in [4.69, 9.17) is 4.74 Å². The standard InChI is InChI=1S/C18H12FN3O/c1-23-18-16(11-20)15(12-2-4-14(19)5-3-12)10-17(22-18)13-6-8-21-9-7-13/h2-10H,1H3. The molecule has 2 aromatic heterocycles. The van der Waals surface area contributed by atoms with Crippen LogP contribution in [0.3, 0.4) is 0 Å². The van der Waals surface area contributed by atoms with Crippen LogP contribution in [-0.2, 0) is 0 Å². The van der Waals surface area contributed by atoms with Crippen LogP contribution in [0.4, 0.5) is 4.39 Å². The molecule has 0 unspecified atom stereocenters. The van der Waals surface area contributed by atoms with Crippen molar-refractivity contribution in [3.8, 4) is 34.3 Å². The highest BCUT2D eigenvalue weighted by Gasteiger charge is 2.15. The second-order valence-electron chi connectivity index (χ2n) is 4.79. The number of hydrogen-bond acceptors (Lipinski definition) is 4. The number of pyridine rings is 2. The van der Waals surface area contributed by atoms with Gasteiger partial charge >= 0.3 is 0 Å². The van der Waals surface area contributed by atoms with Crippen molar-refractivity contribution in [1.29, 1.82) is 5.26 Å². The number of nitriles is 1. The predicted molar refractivity (Wildman–Crippen MR) is 84.1 cm³/mol. The van der Waals surface area contributed by atoms with Crippen molar-refractivity contribution >= 4 is 0 Å². The van der Waals surface area contributed by atoms with Crippen molar-refractivity contribution in [2.45, 2.75) is 0 Å². The maximum absolute atomic E-state index is 13.2. The van der Waals surface area contributed by atoms with Crippen LogP contribution < -0.4 is 4.74 Å². The molecule has 2 heterocycles. The van der Waals surface area contributed by atoms with Gasteiger partial charge < -0.3 is 4.74 Å². The Kier molecular flexibility index (Phi) is 3.98. The monoisotopic (exact) mass is 305 g/mol. The fraction of sp³-hybridized carbons (Fsp3) is 0.0556. The summed E-state index contributed by atoms with van der Waals surface area (Å²) < 4.78 is 18.4. The summed E-state index contributed by atoms with van der Waals surface area (Å²) in [7, 11) is 1.47. The van der Waals surface area contributed by atoms with Crippen LogP contribution in [0.25, 0.3) is 22.4 Å². The second kappa shape index (κ2) is 6.24. The molecule has 112 valence electrons. The molecule has 0 fully saturated rings. The van der Waals surface area contributed by atoms with E-state index in [9.17, 15) is 9.65 Å². The Morgan fingerprint density at radius 3 is 2.35 bits per heavy atom. The van der Waals surface area contributed by atoms with Crippen LogP contribution in [0, 0.1) is 17.1 Å². The molecule has 0 N–H and O–H groups in total. The molecule has 0 amide bonds. The van der Waals surface area contributed by atoms with Crippen LogP contribution in [0.15, 0.2) is 54.9 Å². The topological polar surface area (TPSA) is 58.8 Å². The van der Waals surface area contributed by atoms with Crippen molar-refractivity contribution in [1.82, 2.24) is 9.97 Å². The lowest BCUT2D eigenvalue weighted by molar-refractivity contribution is 0.397. The molecule has 0 saturated carbocycles. The number of nitrogens with zero attached hydrogens (tertiary/aromatic N) is 3. The summed E-state index contributed by atoms with van der Waals surface area (Å²) in [5.74, 6) is -0.0937. The number of ether oxygens (including phenoxy) is 1. The summed E-state index contributed by atoms with van der Waals surface area (Å²) in [5.41, 5.74) is 3.19. The molecule has 5 heteroatoms. The Labute approximate surface area is 132 Å². The Hall–Kier alpha value is -3.26. The number of benzene rings is 1. The summed E-state index contributed by atoms with van der Waals surface area (Å²) in [4.78, 5) is 8.37. The van der Waals surface area contributed by atoms with Crippen molar-refractivity contribution < 1.29 is 9.13 Å². The minimum atomic E-state index is -0.331. The molecule has 23 heavy (non-hydrogen) atoms. The lowest BCUT2D eigenvalue weighted by Gasteiger charge is -2.11. The van der Waals surface area contributed by atoms with Crippen molar-refractivity contribution in [2.75, 3.05) is 7.11 Å². The van der Waals surface area contributed by atoms with E-state index in [0.717, 1.165) is 11.1 Å². The molecule has 0 saturated heterocycles. The van der Waals surface area contributed by atoms with Crippen LogP contribution in [0.2, 0.25) is 0 Å². The Bertz CT molecular complexity index is 871. The van der Waals surface area contributed by atoms with E-state index >= 15 is 0 Å². The molecule has 0 radical (unpaired) electrons. The zero-order valence-corrected chi connectivity index (χ0v) is 12.3. The maximum Gasteiger partial charge on any atom is 0.232 e. The lowest BCUT2D eigenvalue weighted by Crippen LogP contribution is -1.98. The van der Waals surface area contributed by atoms with Gasteiger partial charge in [-0.25, -0.2) is 9.37 Å². The lowest BCUT2D eigenvalue weighted by atomic mass is 9.99. The summed E-state index contributed by atoms with van der Waals surface area (Å²) in [5, 5.41) is 9.45. The van der Waals surface area contributed by atoms with Crippen LogP contribution in [-0.4, -0.2) is 17.1 Å². The van der Waals surface area contributed by atoms with E-state index in [2.05, 4.69) is 16.0 Å². The quantitative estimate of drug-likeness (QED) is 0.738. The van der Waals surface area contributed by atoms with Crippen LogP contribution in [0.5, 0.6) is 5.88 Å². The van der Waals surface area contributed by atoms with Gasteiger partial charge in [-0.15, -0.1) is 0 Å². The van der Waals surface area contributed by atoms with E-state index in [1.54, 1.807) is 30.6 Å². The number of halogens is 1. The van der Waals surface area contributed by atoms with Gasteiger partial charge in [0.2, 0.25) is 5.88 Å². The number of aromatic nitrogens is 2. The molecule has 0 atom stereocenters. The normalized spacial score (nSPS) is 10.1. The van der Waals surface area contributed by atoms with Gasteiger partial charge in [-0.05, 0) is 35.9 Å². The first kappa shape index (κ1) is 14.7. The first-order chi connectivity index (χ1) is 11.2. The third-order valence-corrected chi connectivity index (χ3v) is 3.42. The molecule has 3 rings (SSSR count). The number of methoxy groups -OCH3 is 1. The van der Waals surface area contributed by atoms with Crippen LogP contribution >= 0.6 is 0 Å². The molecule has 0 aliphatic carbocycles. The number of hydrogen-bond donors (Lipinski definition) is 0. The number of rotatable bonds is 3. The fourth-order valence-electron chi connectivity index (χ4n) is 2.31. The minimum absolute atomic E-state index is 0.237. The third kappa shape index (κ3) is 2.87. The summed E-state index contributed by atoms with van der Waals surface area (Å²) in [6, 6.07) is 13.5. The van der Waals surface area contributed by atoms with E-state index in [0.29, 0.717) is 16.8 Å². The first-order valence-corrected chi connectivity index (χ1v) is 6.88. The molecular formula is C18H12FN3O. The predicted octanol–water partition coefficient (Wildman–Crippen LogP) is 3.83. The molecular weight excluding hydrogens is 293 g/mol. The third-order valence-electron chi connectivity index (χ3n) is 3.42. The highest BCUT2D eigenvalue weighted by atomic mass is 19.1. The summed E-state index contributed by atoms with van der Waals surface area (Å²) in [6.07, 6.45) is 3.33. The minimum Gasteiger partial charge on any atom is -0.480 e. The van der Waals surface area contributed by atoms with Gasteiger partial charge in [0.05, 0.1) is 12.8 Å². The average molecular weight is 305 g/mol. The first-order valence-electron chi connectivity index (χ1n) is 6.88. The average Bonchev–Trinajstić information content (AvgIpc) is 2.62. The Balaban J connectivity index is 2.25. The Morgan fingerprint density at radius 1 is 1.04 bits per heavy atom. The zero-order valence-electron chi connectivity index (χ0n) is 12.3. The van der Waals surface area contributed by atoms with Gasteiger partial charge in [0.25, 0.3) is 0 Å². The zero-order chi connectivity index (χ0) is 16.2. The van der Waals surface area contributed by atoms with Crippen molar-refractivity contribution in [3.05, 3.63) is 66.2 Å². The van der Waals surface area contributed by atoms with E-state index in [-0.39, 0.29) is 11.7 Å².